The van der Waals surface area contributed by atoms with Gasteiger partial charge in [-0.1, -0.05) is 12.1 Å². The Hall–Kier alpha value is -3.16. The molecule has 0 atom stereocenters. The number of nitrogens with zero attached hydrogens (tertiary/aromatic N) is 2. The summed E-state index contributed by atoms with van der Waals surface area (Å²) in [6, 6.07) is 8.52. The molecule has 0 saturated heterocycles. The summed E-state index contributed by atoms with van der Waals surface area (Å²) in [6.07, 6.45) is 1.27. The molecular weight excluding hydrogens is 264 g/mol. The number of non-ortho nitro benzene ring substituents is 1. The quantitative estimate of drug-likeness (QED) is 0.501. The van der Waals surface area contributed by atoms with Crippen molar-refractivity contribution in [2.24, 2.45) is 10.8 Å². The van der Waals surface area contributed by atoms with Gasteiger partial charge >= 0.3 is 6.03 Å². The first-order chi connectivity index (χ1) is 9.56. The topological polar surface area (TPSA) is 124 Å². The summed E-state index contributed by atoms with van der Waals surface area (Å²) in [5.41, 5.74) is 7.41. The lowest BCUT2D eigenvalue weighted by atomic mass is 10.1. The molecule has 2 aromatic rings. The minimum Gasteiger partial charge on any atom is -0.455 e. The number of hydrogen-bond donors (Lipinski definition) is 2. The van der Waals surface area contributed by atoms with E-state index in [1.807, 2.05) is 5.43 Å². The van der Waals surface area contributed by atoms with Gasteiger partial charge < -0.3 is 10.2 Å². The Balaban J connectivity index is 2.20. The van der Waals surface area contributed by atoms with E-state index in [1.165, 1.54) is 18.3 Å². The number of carbonyl (C=O) groups is 1. The molecule has 1 heterocycles. The third kappa shape index (κ3) is 3.19. The predicted molar refractivity (Wildman–Crippen MR) is 71.1 cm³/mol. The van der Waals surface area contributed by atoms with Crippen LogP contribution in [0.2, 0.25) is 0 Å². The monoisotopic (exact) mass is 274 g/mol. The molecular formula is C12H10N4O4. The number of nitro groups is 1. The molecule has 0 fully saturated rings. The van der Waals surface area contributed by atoms with Crippen molar-refractivity contribution < 1.29 is 14.1 Å². The normalized spacial score (nSPS) is 10.6. The molecule has 0 aliphatic heterocycles. The van der Waals surface area contributed by atoms with Gasteiger partial charge in [0.25, 0.3) is 5.69 Å². The molecule has 0 radical (unpaired) electrons. The zero-order chi connectivity index (χ0) is 14.5. The van der Waals surface area contributed by atoms with Crippen molar-refractivity contribution in [3.05, 3.63) is 52.3 Å². The van der Waals surface area contributed by atoms with Crippen LogP contribution in [0.3, 0.4) is 0 Å². The first-order valence-electron chi connectivity index (χ1n) is 5.49. The van der Waals surface area contributed by atoms with Gasteiger partial charge in [-0.25, -0.2) is 10.2 Å². The second-order valence-electron chi connectivity index (χ2n) is 3.74. The molecule has 20 heavy (non-hydrogen) atoms. The van der Waals surface area contributed by atoms with Crippen LogP contribution >= 0.6 is 0 Å². The van der Waals surface area contributed by atoms with Crippen molar-refractivity contribution in [3.8, 4) is 11.3 Å². The third-order valence-electron chi connectivity index (χ3n) is 2.33. The average molecular weight is 274 g/mol. The van der Waals surface area contributed by atoms with Gasteiger partial charge in [0.15, 0.2) is 0 Å². The van der Waals surface area contributed by atoms with Gasteiger partial charge in [0.2, 0.25) is 0 Å². The number of rotatable bonds is 4. The molecule has 0 aliphatic rings. The van der Waals surface area contributed by atoms with Crippen molar-refractivity contribution in [3.63, 3.8) is 0 Å². The van der Waals surface area contributed by atoms with Gasteiger partial charge in [0.05, 0.1) is 11.1 Å². The molecule has 2 amide bonds. The lowest BCUT2D eigenvalue weighted by molar-refractivity contribution is -0.384. The van der Waals surface area contributed by atoms with Crippen LogP contribution < -0.4 is 11.2 Å². The number of hydrazone groups is 1. The Labute approximate surface area is 113 Å². The molecule has 102 valence electrons. The maximum atomic E-state index is 10.7. The molecule has 3 N–H and O–H groups in total. The van der Waals surface area contributed by atoms with Crippen LogP contribution in [0.1, 0.15) is 5.76 Å². The van der Waals surface area contributed by atoms with E-state index in [2.05, 4.69) is 5.10 Å². The highest BCUT2D eigenvalue weighted by Gasteiger charge is 2.09. The van der Waals surface area contributed by atoms with E-state index in [0.717, 1.165) is 0 Å². The van der Waals surface area contributed by atoms with Gasteiger partial charge in [0, 0.05) is 17.7 Å². The van der Waals surface area contributed by atoms with E-state index in [-0.39, 0.29) is 5.69 Å². The summed E-state index contributed by atoms with van der Waals surface area (Å²) >= 11 is 0. The minimum atomic E-state index is -0.785. The van der Waals surface area contributed by atoms with Crippen LogP contribution in [0, 0.1) is 10.1 Å². The first kappa shape index (κ1) is 13.3. The highest BCUT2D eigenvalue weighted by molar-refractivity contribution is 5.79. The summed E-state index contributed by atoms with van der Waals surface area (Å²) in [6.45, 7) is 0. The van der Waals surface area contributed by atoms with Crippen molar-refractivity contribution in [2.45, 2.75) is 0 Å². The number of furan rings is 1. The van der Waals surface area contributed by atoms with Crippen LogP contribution in [0.4, 0.5) is 10.5 Å². The SMILES string of the molecule is NC(=O)N/N=C\c1ccc(-c2cccc([N+](=O)[O-])c2)o1. The second kappa shape index (κ2) is 5.65. The Kier molecular flexibility index (Phi) is 3.75. The number of carbonyl (C=O) groups excluding carboxylic acids is 1. The zero-order valence-electron chi connectivity index (χ0n) is 10.1. The van der Waals surface area contributed by atoms with Crippen molar-refractivity contribution in [2.75, 3.05) is 0 Å². The summed E-state index contributed by atoms with van der Waals surface area (Å²) in [5, 5.41) is 14.2. The Morgan fingerprint density at radius 2 is 2.20 bits per heavy atom. The highest BCUT2D eigenvalue weighted by Crippen LogP contribution is 2.25. The highest BCUT2D eigenvalue weighted by atomic mass is 16.6. The average Bonchev–Trinajstić information content (AvgIpc) is 2.87. The Morgan fingerprint density at radius 1 is 1.40 bits per heavy atom. The number of primary amides is 1. The molecule has 0 bridgehead atoms. The standard InChI is InChI=1S/C12H10N4O4/c13-12(17)15-14-7-10-4-5-11(20-10)8-2-1-3-9(6-8)16(18)19/h1-7H,(H3,13,15,17)/b14-7-. The predicted octanol–water partition coefficient (Wildman–Crippen LogP) is 1.86. The van der Waals surface area contributed by atoms with Crippen LogP contribution in [-0.4, -0.2) is 17.2 Å². The Bertz CT molecular complexity index is 678. The van der Waals surface area contributed by atoms with Crippen molar-refractivity contribution >= 4 is 17.9 Å². The number of nitro benzene ring substituents is 1. The van der Waals surface area contributed by atoms with E-state index in [4.69, 9.17) is 10.2 Å². The summed E-state index contributed by atoms with van der Waals surface area (Å²) in [5.74, 6) is 0.828. The fourth-order valence-corrected chi connectivity index (χ4v) is 1.51. The summed E-state index contributed by atoms with van der Waals surface area (Å²) < 4.78 is 5.42. The maximum absolute atomic E-state index is 10.7. The van der Waals surface area contributed by atoms with E-state index < -0.39 is 11.0 Å². The molecule has 0 spiro atoms. The van der Waals surface area contributed by atoms with Crippen molar-refractivity contribution in [1.29, 1.82) is 0 Å². The fraction of sp³-hybridized carbons (Fsp3) is 0. The molecule has 0 aliphatic carbocycles. The van der Waals surface area contributed by atoms with Crippen LogP contribution in [0.5, 0.6) is 0 Å². The largest absolute Gasteiger partial charge is 0.455 e. The Morgan fingerprint density at radius 3 is 2.90 bits per heavy atom. The van der Waals surface area contributed by atoms with E-state index in [1.54, 1.807) is 24.3 Å². The number of benzene rings is 1. The third-order valence-corrected chi connectivity index (χ3v) is 2.33. The summed E-state index contributed by atoms with van der Waals surface area (Å²) in [7, 11) is 0. The minimum absolute atomic E-state index is 0.0236. The molecule has 1 aromatic heterocycles. The molecule has 2 rings (SSSR count). The first-order valence-corrected chi connectivity index (χ1v) is 5.49. The molecule has 1 aromatic carbocycles. The number of urea groups is 1. The van der Waals surface area contributed by atoms with Crippen LogP contribution in [0.15, 0.2) is 45.9 Å². The fourth-order valence-electron chi connectivity index (χ4n) is 1.51. The van der Waals surface area contributed by atoms with E-state index in [0.29, 0.717) is 17.1 Å². The number of hydrogen-bond acceptors (Lipinski definition) is 5. The van der Waals surface area contributed by atoms with Gasteiger partial charge in [-0.15, -0.1) is 0 Å². The van der Waals surface area contributed by atoms with Gasteiger partial charge in [-0.2, -0.15) is 5.10 Å². The van der Waals surface area contributed by atoms with E-state index >= 15 is 0 Å². The lowest BCUT2D eigenvalue weighted by Crippen LogP contribution is -2.24. The lowest BCUT2D eigenvalue weighted by Gasteiger charge is -1.96. The molecule has 0 saturated carbocycles. The van der Waals surface area contributed by atoms with Gasteiger partial charge in [-0.3, -0.25) is 10.1 Å². The zero-order valence-corrected chi connectivity index (χ0v) is 10.1. The number of nitrogens with two attached hydrogens (primary N) is 1. The van der Waals surface area contributed by atoms with Crippen molar-refractivity contribution in [1.82, 2.24) is 5.43 Å². The number of amides is 2. The molecule has 8 nitrogen and oxygen atoms in total. The van der Waals surface area contributed by atoms with Gasteiger partial charge in [-0.05, 0) is 12.1 Å². The number of nitrogens with one attached hydrogen (secondary N) is 1. The van der Waals surface area contributed by atoms with Gasteiger partial charge in [0.1, 0.15) is 11.5 Å². The molecule has 0 unspecified atom stereocenters. The summed E-state index contributed by atoms with van der Waals surface area (Å²) in [4.78, 5) is 20.6. The van der Waals surface area contributed by atoms with E-state index in [9.17, 15) is 14.9 Å². The molecule has 8 heteroatoms. The second-order valence-corrected chi connectivity index (χ2v) is 3.74. The van der Waals surface area contributed by atoms with Crippen LogP contribution in [0.25, 0.3) is 11.3 Å². The van der Waals surface area contributed by atoms with Crippen LogP contribution in [-0.2, 0) is 0 Å². The maximum Gasteiger partial charge on any atom is 0.332 e. The smallest absolute Gasteiger partial charge is 0.332 e.